The van der Waals surface area contributed by atoms with E-state index >= 15 is 8.78 Å². The zero-order valence-electron chi connectivity index (χ0n) is 47.0. The van der Waals surface area contributed by atoms with Gasteiger partial charge < -0.3 is 9.47 Å². The van der Waals surface area contributed by atoms with Gasteiger partial charge in [0.25, 0.3) is 0 Å². The normalized spacial score (nSPS) is 16.1. The summed E-state index contributed by atoms with van der Waals surface area (Å²) < 4.78 is 77.9. The van der Waals surface area contributed by atoms with Crippen molar-refractivity contribution in [2.45, 2.75) is 13.2 Å². The van der Waals surface area contributed by atoms with E-state index in [2.05, 4.69) is 15.0 Å². The van der Waals surface area contributed by atoms with Crippen LogP contribution in [0.25, 0.3) is 99.1 Å². The molecule has 6 aromatic heterocycles. The first-order valence-electron chi connectivity index (χ1n) is 27.9. The van der Waals surface area contributed by atoms with Crippen molar-refractivity contribution >= 4 is 192 Å². The van der Waals surface area contributed by atoms with Gasteiger partial charge in [0.15, 0.2) is 22.6 Å². The Labute approximate surface area is 537 Å². The van der Waals surface area contributed by atoms with Crippen LogP contribution in [0.1, 0.15) is 94.8 Å². The standard InChI is InChI=1S/C68H28F4N6O12S4/c69-30-18-34-39(55(83)57(85)48(34)41(70)19-30)23-45-75-65-61(93-45)62-66(78(65)68(88)90-26-28-11-5-2-6-12-28)76-46(94-62)24-40-35-20-42(71)47(50(72)49(35)58(86)56(40)84)29-15-16-32-36(17-29)52(80)54(82)38(32)22-44-74-64-60(92-44)59-63(77(64)67(87)89-25-27-9-3-1-4-10-27)73-43(91-59)21-37-31-13-7-8-14-33(31)51(79)53(37)81/h1-24H,25-26H2/b37-21-,38-22-,39-23-,40-24-. The lowest BCUT2D eigenvalue weighted by Gasteiger charge is -2.10. The van der Waals surface area contributed by atoms with E-state index in [1.165, 1.54) is 24.3 Å². The van der Waals surface area contributed by atoms with Gasteiger partial charge >= 0.3 is 12.2 Å². The Balaban J connectivity index is 0.735. The molecule has 18 nitrogen and oxygen atoms in total. The second-order valence-corrected chi connectivity index (χ2v) is 25.6. The van der Waals surface area contributed by atoms with Crippen LogP contribution in [-0.2, 0) is 41.9 Å². The second kappa shape index (κ2) is 21.5. The predicted molar refractivity (Wildman–Crippen MR) is 339 cm³/mol. The maximum atomic E-state index is 17.1. The lowest BCUT2D eigenvalue weighted by Crippen LogP contribution is -2.14. The number of aromatic nitrogens is 6. The summed E-state index contributed by atoms with van der Waals surface area (Å²) in [5, 5.41) is 0.396. The molecule has 26 heteroatoms. The molecule has 0 saturated heterocycles. The van der Waals surface area contributed by atoms with Gasteiger partial charge in [-0.25, -0.2) is 56.2 Å². The SMILES string of the molecule is O=C1C(=O)c2ccccc2/C1=C/c1nc2c(s1)c1sc(/C=C3\C(=O)C(=O)c4cc(-c5c(F)cc6c(c5F)C(=O)C(=O)/C6=C\c5nc6c(s5)c5sc(/C=C7\C(=O)C(=O)c8c(F)cc(F)cc87)nc5n6C(=O)OCc5ccccc5)ccc43)nc1n2C(=O)OCc1ccccc1. The van der Waals surface area contributed by atoms with Crippen molar-refractivity contribution in [1.82, 2.24) is 29.1 Å². The number of nitrogens with zero attached hydrogens (tertiary/aromatic N) is 6. The Kier molecular flexibility index (Phi) is 13.2. The van der Waals surface area contributed by atoms with Crippen LogP contribution in [-0.4, -0.2) is 87.5 Å². The largest absolute Gasteiger partial charge is 0.444 e. The molecule has 0 bridgehead atoms. The number of allylic oxidation sites excluding steroid dienone is 4. The number of thiazole rings is 4. The van der Waals surface area contributed by atoms with Crippen LogP contribution >= 0.6 is 45.3 Å². The first-order valence-corrected chi connectivity index (χ1v) is 31.2. The quantitative estimate of drug-likeness (QED) is 0.0740. The van der Waals surface area contributed by atoms with Gasteiger partial charge in [-0.15, -0.1) is 45.3 Å². The van der Waals surface area contributed by atoms with Crippen molar-refractivity contribution in [2.24, 2.45) is 0 Å². The third-order valence-electron chi connectivity index (χ3n) is 16.0. The van der Waals surface area contributed by atoms with E-state index in [0.717, 1.165) is 84.8 Å². The first-order chi connectivity index (χ1) is 45.4. The van der Waals surface area contributed by atoms with Crippen molar-refractivity contribution in [3.8, 4) is 11.1 Å². The Morgan fingerprint density at radius 1 is 0.383 bits per heavy atom. The second-order valence-electron chi connectivity index (χ2n) is 21.5. The van der Waals surface area contributed by atoms with Gasteiger partial charge in [-0.1, -0.05) is 97.1 Å². The molecule has 0 unspecified atom stereocenters. The van der Waals surface area contributed by atoms with Crippen molar-refractivity contribution in [1.29, 1.82) is 0 Å². The predicted octanol–water partition coefficient (Wildman–Crippen LogP) is 13.5. The highest BCUT2D eigenvalue weighted by molar-refractivity contribution is 7.28. The molecule has 0 saturated carbocycles. The number of halogens is 4. The summed E-state index contributed by atoms with van der Waals surface area (Å²) in [5.41, 5.74) is -2.17. The summed E-state index contributed by atoms with van der Waals surface area (Å²) in [6.45, 7) is -0.338. The first kappa shape index (κ1) is 57.6. The third kappa shape index (κ3) is 8.92. The van der Waals surface area contributed by atoms with Crippen molar-refractivity contribution in [3.05, 3.63) is 220 Å². The van der Waals surface area contributed by atoms with Crippen molar-refractivity contribution < 1.29 is 75.0 Å². The number of Topliss-reactive ketones (excluding diaryl/α,β-unsaturated/α-hetero) is 8. The van der Waals surface area contributed by atoms with Crippen LogP contribution in [0.5, 0.6) is 0 Å². The van der Waals surface area contributed by atoms with E-state index in [1.54, 1.807) is 84.9 Å². The Hall–Kier alpha value is -11.6. The molecule has 12 aromatic rings. The number of carbonyl (C=O) groups is 10. The van der Waals surface area contributed by atoms with E-state index in [1.807, 2.05) is 0 Å². The maximum absolute atomic E-state index is 17.1. The van der Waals surface area contributed by atoms with E-state index in [4.69, 9.17) is 14.5 Å². The maximum Gasteiger partial charge on any atom is 0.421 e. The average Bonchev–Trinajstić information content (AvgIpc) is 1.57. The molecule has 0 fully saturated rings. The van der Waals surface area contributed by atoms with Crippen LogP contribution in [0.2, 0.25) is 0 Å². The van der Waals surface area contributed by atoms with Gasteiger partial charge in [0.2, 0.25) is 46.3 Å². The number of fused-ring (bicyclic) bond motifs is 10. The smallest absolute Gasteiger partial charge is 0.421 e. The molecule has 94 heavy (non-hydrogen) atoms. The minimum absolute atomic E-state index is 0.0173. The van der Waals surface area contributed by atoms with Gasteiger partial charge in [0, 0.05) is 50.6 Å². The Morgan fingerprint density at radius 2 is 0.766 bits per heavy atom. The monoisotopic (exact) mass is 1320 g/mol. The summed E-state index contributed by atoms with van der Waals surface area (Å²) in [5.74, 6) is -13.3. The van der Waals surface area contributed by atoms with E-state index in [9.17, 15) is 56.7 Å². The highest BCUT2D eigenvalue weighted by Crippen LogP contribution is 2.46. The molecule has 454 valence electrons. The lowest BCUT2D eigenvalue weighted by atomic mass is 9.95. The molecule has 0 radical (unpaired) electrons. The number of benzene rings is 6. The van der Waals surface area contributed by atoms with Gasteiger partial charge in [0.05, 0.1) is 35.5 Å². The van der Waals surface area contributed by atoms with Gasteiger partial charge in [-0.05, 0) is 70.3 Å². The summed E-state index contributed by atoms with van der Waals surface area (Å²) in [6.07, 6.45) is 3.21. The van der Waals surface area contributed by atoms with Crippen LogP contribution in [0.3, 0.4) is 0 Å². The molecule has 0 aliphatic heterocycles. The molecular weight excluding hydrogens is 1300 g/mol. The summed E-state index contributed by atoms with van der Waals surface area (Å²) in [7, 11) is 0. The molecule has 0 atom stereocenters. The lowest BCUT2D eigenvalue weighted by molar-refractivity contribution is -0.110. The van der Waals surface area contributed by atoms with E-state index < -0.39 is 110 Å². The molecular formula is C68H28F4N6O12S4. The number of hydrogen-bond donors (Lipinski definition) is 0. The summed E-state index contributed by atoms with van der Waals surface area (Å²) in [4.78, 5) is 154. The number of ether oxygens (including phenoxy) is 2. The molecule has 6 heterocycles. The zero-order valence-corrected chi connectivity index (χ0v) is 50.3. The van der Waals surface area contributed by atoms with Gasteiger partial charge in [-0.3, -0.25) is 38.4 Å². The topological polar surface area (TPSA) is 251 Å². The summed E-state index contributed by atoms with van der Waals surface area (Å²) in [6, 6.07) is 29.7. The van der Waals surface area contributed by atoms with E-state index in [0.29, 0.717) is 32.2 Å². The fourth-order valence-corrected chi connectivity index (χ4v) is 16.0. The Bertz CT molecular complexity index is 5790. The molecule has 16 rings (SSSR count). The number of rotatable bonds is 9. The summed E-state index contributed by atoms with van der Waals surface area (Å²) >= 11 is 3.92. The minimum atomic E-state index is -1.45. The molecule has 0 spiro atoms. The minimum Gasteiger partial charge on any atom is -0.444 e. The fourth-order valence-electron chi connectivity index (χ4n) is 11.8. The van der Waals surface area contributed by atoms with Crippen LogP contribution in [0.15, 0.2) is 121 Å². The van der Waals surface area contributed by atoms with Gasteiger partial charge in [0.1, 0.15) is 56.5 Å². The molecule has 6 aromatic carbocycles. The van der Waals surface area contributed by atoms with Crippen molar-refractivity contribution in [3.63, 3.8) is 0 Å². The van der Waals surface area contributed by atoms with E-state index in [-0.39, 0.29) is 110 Å². The number of ketones is 8. The molecule has 4 aliphatic rings. The zero-order chi connectivity index (χ0) is 64.9. The number of hydrogen-bond acceptors (Lipinski definition) is 20. The highest BCUT2D eigenvalue weighted by atomic mass is 32.1. The van der Waals surface area contributed by atoms with Gasteiger partial charge in [-0.2, -0.15) is 0 Å². The van der Waals surface area contributed by atoms with Crippen LogP contribution in [0.4, 0.5) is 27.2 Å². The fraction of sp³-hybridized carbons (Fsp3) is 0.0294. The highest BCUT2D eigenvalue weighted by Gasteiger charge is 2.42. The third-order valence-corrected chi connectivity index (χ3v) is 20.3. The molecule has 4 aliphatic carbocycles. The van der Waals surface area contributed by atoms with Crippen LogP contribution in [0, 0.1) is 23.3 Å². The van der Waals surface area contributed by atoms with Crippen molar-refractivity contribution in [2.75, 3.05) is 0 Å². The molecule has 0 N–H and O–H groups in total. The average molecular weight is 1330 g/mol. The van der Waals surface area contributed by atoms with Crippen LogP contribution < -0.4 is 0 Å². The number of carbonyl (C=O) groups excluding carboxylic acids is 10. The Morgan fingerprint density at radius 3 is 1.24 bits per heavy atom. The molecule has 0 amide bonds.